The summed E-state index contributed by atoms with van der Waals surface area (Å²) in [5.41, 5.74) is 2.08. The van der Waals surface area contributed by atoms with E-state index < -0.39 is 0 Å². The minimum atomic E-state index is -0.161. The molecule has 0 saturated carbocycles. The van der Waals surface area contributed by atoms with Crippen LogP contribution in [-0.4, -0.2) is 38.4 Å². The van der Waals surface area contributed by atoms with Gasteiger partial charge < -0.3 is 10.4 Å². The van der Waals surface area contributed by atoms with Crippen LogP contribution in [0, 0.1) is 12.8 Å². The second kappa shape index (κ2) is 6.44. The predicted molar refractivity (Wildman–Crippen MR) is 85.8 cm³/mol. The van der Waals surface area contributed by atoms with E-state index in [0.717, 1.165) is 16.7 Å². The number of pyridine rings is 1. The van der Waals surface area contributed by atoms with E-state index >= 15 is 0 Å². The molecule has 0 radical (unpaired) electrons. The topological polar surface area (TPSA) is 80.0 Å². The number of aliphatic hydroxyl groups excluding tert-OH is 1. The minimum Gasteiger partial charge on any atom is -0.396 e. The zero-order chi connectivity index (χ0) is 16.4. The van der Waals surface area contributed by atoms with Gasteiger partial charge in [0, 0.05) is 24.4 Å². The Morgan fingerprint density at radius 2 is 2.05 bits per heavy atom. The Morgan fingerprint density at radius 3 is 2.64 bits per heavy atom. The minimum absolute atomic E-state index is 0.000706. The highest BCUT2D eigenvalue weighted by Crippen LogP contribution is 2.21. The van der Waals surface area contributed by atoms with Gasteiger partial charge in [0.2, 0.25) is 0 Å². The summed E-state index contributed by atoms with van der Waals surface area (Å²) >= 11 is 0. The van der Waals surface area contributed by atoms with Crippen LogP contribution >= 0.6 is 0 Å². The van der Waals surface area contributed by atoms with E-state index in [-0.39, 0.29) is 30.5 Å². The van der Waals surface area contributed by atoms with Gasteiger partial charge in [0.05, 0.1) is 17.1 Å². The molecule has 0 saturated heterocycles. The van der Waals surface area contributed by atoms with Crippen LogP contribution in [0.1, 0.15) is 49.8 Å². The number of nitrogens with zero attached hydrogens (tertiary/aromatic N) is 3. The number of rotatable bonds is 5. The van der Waals surface area contributed by atoms with Gasteiger partial charge in [0.25, 0.3) is 5.91 Å². The molecule has 0 spiro atoms. The zero-order valence-electron chi connectivity index (χ0n) is 13.8. The second-order valence-corrected chi connectivity index (χ2v) is 6.15. The standard InChI is InChI=1S/C16H24N4O2/c1-9(2)20-15-14(7-17-20)13(6-11(4)18-15)16(22)19-12(5)10(3)8-21/h6-7,9-10,12,21H,8H2,1-5H3,(H,19,22). The zero-order valence-corrected chi connectivity index (χ0v) is 13.8. The SMILES string of the molecule is Cc1cc(C(=O)NC(C)C(C)CO)c2cnn(C(C)C)c2n1. The lowest BCUT2D eigenvalue weighted by Crippen LogP contribution is -2.38. The van der Waals surface area contributed by atoms with Gasteiger partial charge in [-0.1, -0.05) is 6.92 Å². The van der Waals surface area contributed by atoms with Crippen molar-refractivity contribution in [3.8, 4) is 0 Å². The average molecular weight is 304 g/mol. The normalized spacial score (nSPS) is 14.3. The van der Waals surface area contributed by atoms with Gasteiger partial charge in [-0.25, -0.2) is 9.67 Å². The molecular weight excluding hydrogens is 280 g/mol. The smallest absolute Gasteiger partial charge is 0.252 e. The van der Waals surface area contributed by atoms with Crippen molar-refractivity contribution >= 4 is 16.9 Å². The first-order valence-electron chi connectivity index (χ1n) is 7.61. The summed E-state index contributed by atoms with van der Waals surface area (Å²) in [6.07, 6.45) is 1.69. The molecule has 2 aromatic rings. The third-order valence-corrected chi connectivity index (χ3v) is 3.93. The largest absolute Gasteiger partial charge is 0.396 e. The lowest BCUT2D eigenvalue weighted by atomic mass is 10.0. The number of hydrogen-bond donors (Lipinski definition) is 2. The average Bonchev–Trinajstić information content (AvgIpc) is 2.88. The van der Waals surface area contributed by atoms with Crippen LogP contribution in [0.3, 0.4) is 0 Å². The summed E-state index contributed by atoms with van der Waals surface area (Å²) in [4.78, 5) is 17.1. The van der Waals surface area contributed by atoms with E-state index in [2.05, 4.69) is 15.4 Å². The van der Waals surface area contributed by atoms with Crippen molar-refractivity contribution in [2.45, 2.75) is 46.7 Å². The summed E-state index contributed by atoms with van der Waals surface area (Å²) in [7, 11) is 0. The Hall–Kier alpha value is -1.95. The van der Waals surface area contributed by atoms with Crippen molar-refractivity contribution in [1.82, 2.24) is 20.1 Å². The summed E-state index contributed by atoms with van der Waals surface area (Å²) in [6, 6.07) is 1.84. The summed E-state index contributed by atoms with van der Waals surface area (Å²) in [5.74, 6) is -0.160. The Kier molecular flexibility index (Phi) is 4.81. The molecule has 2 rings (SSSR count). The molecule has 2 aromatic heterocycles. The fourth-order valence-electron chi connectivity index (χ4n) is 2.29. The van der Waals surface area contributed by atoms with E-state index in [1.165, 1.54) is 0 Å². The van der Waals surface area contributed by atoms with Crippen LogP contribution in [0.4, 0.5) is 0 Å². The van der Waals surface area contributed by atoms with Crippen LogP contribution in [0.2, 0.25) is 0 Å². The third kappa shape index (κ3) is 3.11. The summed E-state index contributed by atoms with van der Waals surface area (Å²) in [6.45, 7) is 9.75. The molecule has 0 aromatic carbocycles. The lowest BCUT2D eigenvalue weighted by Gasteiger charge is -2.19. The predicted octanol–water partition coefficient (Wildman–Crippen LogP) is 2.07. The van der Waals surface area contributed by atoms with Crippen molar-refractivity contribution in [2.75, 3.05) is 6.61 Å². The lowest BCUT2D eigenvalue weighted by molar-refractivity contribution is 0.0918. The first kappa shape index (κ1) is 16.4. The summed E-state index contributed by atoms with van der Waals surface area (Å²) < 4.78 is 1.82. The van der Waals surface area contributed by atoms with Crippen LogP contribution < -0.4 is 5.32 Å². The van der Waals surface area contributed by atoms with Gasteiger partial charge >= 0.3 is 0 Å². The maximum Gasteiger partial charge on any atom is 0.252 e. The summed E-state index contributed by atoms with van der Waals surface area (Å²) in [5, 5.41) is 17.2. The van der Waals surface area contributed by atoms with Gasteiger partial charge in [0.15, 0.2) is 5.65 Å². The number of fused-ring (bicyclic) bond motifs is 1. The number of hydrogen-bond acceptors (Lipinski definition) is 4. The number of aromatic nitrogens is 3. The van der Waals surface area contributed by atoms with E-state index in [1.807, 2.05) is 39.3 Å². The van der Waals surface area contributed by atoms with Gasteiger partial charge in [-0.15, -0.1) is 0 Å². The van der Waals surface area contributed by atoms with Crippen molar-refractivity contribution in [3.63, 3.8) is 0 Å². The molecule has 120 valence electrons. The van der Waals surface area contributed by atoms with Gasteiger partial charge in [-0.3, -0.25) is 4.79 Å². The highest BCUT2D eigenvalue weighted by Gasteiger charge is 2.20. The number of aryl methyl sites for hydroxylation is 1. The third-order valence-electron chi connectivity index (χ3n) is 3.93. The molecule has 22 heavy (non-hydrogen) atoms. The number of carbonyl (C=O) groups excluding carboxylic acids is 1. The first-order chi connectivity index (χ1) is 10.3. The molecule has 0 aliphatic heterocycles. The molecule has 1 amide bonds. The fourth-order valence-corrected chi connectivity index (χ4v) is 2.29. The number of nitrogens with one attached hydrogen (secondary N) is 1. The van der Waals surface area contributed by atoms with Gasteiger partial charge in [-0.2, -0.15) is 5.10 Å². The van der Waals surface area contributed by atoms with Crippen LogP contribution in [0.15, 0.2) is 12.3 Å². The maximum atomic E-state index is 12.6. The van der Waals surface area contributed by atoms with Gasteiger partial charge in [0.1, 0.15) is 0 Å². The van der Waals surface area contributed by atoms with Crippen molar-refractivity contribution in [1.29, 1.82) is 0 Å². The molecule has 0 bridgehead atoms. The molecule has 6 heteroatoms. The number of amides is 1. The molecule has 2 atom stereocenters. The van der Waals surface area contributed by atoms with E-state index in [9.17, 15) is 9.90 Å². The monoisotopic (exact) mass is 304 g/mol. The molecular formula is C16H24N4O2. The molecule has 0 aliphatic carbocycles. The fraction of sp³-hybridized carbons (Fsp3) is 0.562. The van der Waals surface area contributed by atoms with Crippen LogP contribution in [0.25, 0.3) is 11.0 Å². The molecule has 2 N–H and O–H groups in total. The first-order valence-corrected chi connectivity index (χ1v) is 7.61. The van der Waals surface area contributed by atoms with Crippen LogP contribution in [0.5, 0.6) is 0 Å². The molecule has 0 aliphatic rings. The highest BCUT2D eigenvalue weighted by atomic mass is 16.3. The Bertz CT molecular complexity index is 678. The molecule has 2 unspecified atom stereocenters. The van der Waals surface area contributed by atoms with Crippen molar-refractivity contribution in [2.24, 2.45) is 5.92 Å². The van der Waals surface area contributed by atoms with E-state index in [1.54, 1.807) is 12.3 Å². The quantitative estimate of drug-likeness (QED) is 0.886. The van der Waals surface area contributed by atoms with Crippen LogP contribution in [-0.2, 0) is 0 Å². The maximum absolute atomic E-state index is 12.6. The van der Waals surface area contributed by atoms with Crippen molar-refractivity contribution in [3.05, 3.63) is 23.5 Å². The molecule has 0 fully saturated rings. The number of aliphatic hydroxyl groups is 1. The van der Waals surface area contributed by atoms with Gasteiger partial charge in [-0.05, 0) is 39.7 Å². The second-order valence-electron chi connectivity index (χ2n) is 6.15. The Labute approximate surface area is 130 Å². The molecule has 2 heterocycles. The Balaban J connectivity index is 2.41. The number of carbonyl (C=O) groups is 1. The van der Waals surface area contributed by atoms with E-state index in [4.69, 9.17) is 0 Å². The van der Waals surface area contributed by atoms with Crippen molar-refractivity contribution < 1.29 is 9.90 Å². The van der Waals surface area contributed by atoms with E-state index in [0.29, 0.717) is 5.56 Å². The highest BCUT2D eigenvalue weighted by molar-refractivity contribution is 6.05. The molecule has 6 nitrogen and oxygen atoms in total. The Morgan fingerprint density at radius 1 is 1.36 bits per heavy atom.